The van der Waals surface area contributed by atoms with E-state index in [2.05, 4.69) is 66.6 Å². The van der Waals surface area contributed by atoms with Crippen molar-refractivity contribution in [3.05, 3.63) is 78.1 Å². The van der Waals surface area contributed by atoms with E-state index >= 15 is 0 Å². The summed E-state index contributed by atoms with van der Waals surface area (Å²) in [6, 6.07) is 21.3. The standard InChI is InChI=1S/C19H20N2/c1-21(14-12-18-10-4-5-13-20-18)15-17-9-6-8-16-7-2-3-11-19(16)17/h2-11,13H,12,14-15H2,1H3/p+1. The third kappa shape index (κ3) is 3.47. The van der Waals surface area contributed by atoms with Gasteiger partial charge in [0, 0.05) is 23.9 Å². The summed E-state index contributed by atoms with van der Waals surface area (Å²) in [6.07, 6.45) is 2.90. The predicted molar refractivity (Wildman–Crippen MR) is 87.3 cm³/mol. The van der Waals surface area contributed by atoms with E-state index in [1.54, 1.807) is 0 Å². The highest BCUT2D eigenvalue weighted by Crippen LogP contribution is 2.17. The molecular weight excluding hydrogens is 256 g/mol. The van der Waals surface area contributed by atoms with Gasteiger partial charge in [-0.25, -0.2) is 0 Å². The molecule has 0 radical (unpaired) electrons. The molecule has 2 aromatic carbocycles. The zero-order valence-corrected chi connectivity index (χ0v) is 12.4. The number of pyridine rings is 1. The Morgan fingerprint density at radius 1 is 0.905 bits per heavy atom. The van der Waals surface area contributed by atoms with Crippen LogP contribution in [0.3, 0.4) is 0 Å². The highest BCUT2D eigenvalue weighted by atomic mass is 15.1. The van der Waals surface area contributed by atoms with E-state index < -0.39 is 0 Å². The van der Waals surface area contributed by atoms with E-state index in [4.69, 9.17) is 0 Å². The summed E-state index contributed by atoms with van der Waals surface area (Å²) >= 11 is 0. The fourth-order valence-electron chi connectivity index (χ4n) is 2.75. The van der Waals surface area contributed by atoms with Crippen molar-refractivity contribution in [3.63, 3.8) is 0 Å². The molecule has 0 saturated heterocycles. The molecule has 106 valence electrons. The quantitative estimate of drug-likeness (QED) is 0.758. The molecular formula is C19H21N2+. The van der Waals surface area contributed by atoms with Crippen LogP contribution >= 0.6 is 0 Å². The maximum atomic E-state index is 4.39. The minimum absolute atomic E-state index is 1.03. The minimum atomic E-state index is 1.03. The van der Waals surface area contributed by atoms with Gasteiger partial charge in [-0.3, -0.25) is 4.98 Å². The van der Waals surface area contributed by atoms with Crippen molar-refractivity contribution in [2.45, 2.75) is 13.0 Å². The Morgan fingerprint density at radius 3 is 2.57 bits per heavy atom. The second-order valence-corrected chi connectivity index (χ2v) is 5.59. The SMILES string of the molecule is C[NH+](CCc1ccccn1)Cc1cccc2ccccc12. The number of hydrogen-bond donors (Lipinski definition) is 1. The number of benzene rings is 2. The predicted octanol–water partition coefficient (Wildman–Crippen LogP) is 2.49. The van der Waals surface area contributed by atoms with Crippen LogP contribution in [-0.2, 0) is 13.0 Å². The summed E-state index contributed by atoms with van der Waals surface area (Å²) in [5.74, 6) is 0. The lowest BCUT2D eigenvalue weighted by Crippen LogP contribution is -3.07. The molecule has 0 bridgehead atoms. The number of likely N-dealkylation sites (N-methyl/N-ethyl adjacent to an activating group) is 1. The maximum absolute atomic E-state index is 4.39. The van der Waals surface area contributed by atoms with Crippen molar-refractivity contribution in [1.82, 2.24) is 4.98 Å². The number of aromatic nitrogens is 1. The van der Waals surface area contributed by atoms with E-state index in [0.29, 0.717) is 0 Å². The van der Waals surface area contributed by atoms with E-state index in [0.717, 1.165) is 19.5 Å². The Morgan fingerprint density at radius 2 is 1.71 bits per heavy atom. The first-order chi connectivity index (χ1) is 10.3. The van der Waals surface area contributed by atoms with Crippen LogP contribution in [0.4, 0.5) is 0 Å². The summed E-state index contributed by atoms with van der Waals surface area (Å²) < 4.78 is 0. The van der Waals surface area contributed by atoms with E-state index in [1.165, 1.54) is 26.9 Å². The van der Waals surface area contributed by atoms with Gasteiger partial charge in [0.1, 0.15) is 6.54 Å². The number of hydrogen-bond acceptors (Lipinski definition) is 1. The lowest BCUT2D eigenvalue weighted by atomic mass is 10.0. The zero-order valence-electron chi connectivity index (χ0n) is 12.4. The number of rotatable bonds is 5. The molecule has 1 atom stereocenters. The van der Waals surface area contributed by atoms with Crippen LogP contribution in [0.1, 0.15) is 11.3 Å². The summed E-state index contributed by atoms with van der Waals surface area (Å²) in [5.41, 5.74) is 2.60. The monoisotopic (exact) mass is 277 g/mol. The lowest BCUT2D eigenvalue weighted by Gasteiger charge is -2.15. The smallest absolute Gasteiger partial charge is 0.103 e. The number of fused-ring (bicyclic) bond motifs is 1. The Kier molecular flexibility index (Phi) is 4.27. The van der Waals surface area contributed by atoms with Crippen molar-refractivity contribution < 1.29 is 4.90 Å². The Labute approximate surface area is 126 Å². The van der Waals surface area contributed by atoms with Crippen LogP contribution in [0.15, 0.2) is 66.9 Å². The number of nitrogens with one attached hydrogen (secondary N) is 1. The normalized spacial score (nSPS) is 12.4. The van der Waals surface area contributed by atoms with Crippen LogP contribution in [0.2, 0.25) is 0 Å². The molecule has 3 rings (SSSR count). The Hall–Kier alpha value is -2.19. The second-order valence-electron chi connectivity index (χ2n) is 5.59. The van der Waals surface area contributed by atoms with Gasteiger partial charge >= 0.3 is 0 Å². The molecule has 21 heavy (non-hydrogen) atoms. The van der Waals surface area contributed by atoms with Crippen molar-refractivity contribution in [3.8, 4) is 0 Å². The van der Waals surface area contributed by atoms with E-state index in [1.807, 2.05) is 12.3 Å². The second kappa shape index (κ2) is 6.51. The fraction of sp³-hybridized carbons (Fsp3) is 0.211. The van der Waals surface area contributed by atoms with Gasteiger partial charge in [0.25, 0.3) is 0 Å². The van der Waals surface area contributed by atoms with Crippen LogP contribution in [0.25, 0.3) is 10.8 Å². The van der Waals surface area contributed by atoms with Crippen LogP contribution in [0, 0.1) is 0 Å². The molecule has 1 aromatic heterocycles. The highest BCUT2D eigenvalue weighted by molar-refractivity contribution is 5.85. The molecule has 1 unspecified atom stereocenters. The molecule has 2 heteroatoms. The lowest BCUT2D eigenvalue weighted by molar-refractivity contribution is -0.893. The first-order valence-corrected chi connectivity index (χ1v) is 7.51. The number of quaternary nitrogens is 1. The van der Waals surface area contributed by atoms with Crippen molar-refractivity contribution in [1.29, 1.82) is 0 Å². The van der Waals surface area contributed by atoms with Gasteiger partial charge in [-0.15, -0.1) is 0 Å². The summed E-state index contributed by atoms with van der Waals surface area (Å²) in [5, 5.41) is 2.70. The van der Waals surface area contributed by atoms with Crippen molar-refractivity contribution in [2.75, 3.05) is 13.6 Å². The summed E-state index contributed by atoms with van der Waals surface area (Å²) in [6.45, 7) is 2.15. The minimum Gasteiger partial charge on any atom is -0.333 e. The zero-order chi connectivity index (χ0) is 14.5. The van der Waals surface area contributed by atoms with Gasteiger partial charge in [0.2, 0.25) is 0 Å². The Bertz CT molecular complexity index is 702. The van der Waals surface area contributed by atoms with Crippen LogP contribution < -0.4 is 4.90 Å². The topological polar surface area (TPSA) is 17.3 Å². The maximum Gasteiger partial charge on any atom is 0.103 e. The molecule has 0 fully saturated rings. The summed E-state index contributed by atoms with van der Waals surface area (Å²) in [4.78, 5) is 5.91. The highest BCUT2D eigenvalue weighted by Gasteiger charge is 2.07. The third-order valence-corrected chi connectivity index (χ3v) is 3.91. The molecule has 3 aromatic rings. The average molecular weight is 277 g/mol. The molecule has 0 aliphatic carbocycles. The molecule has 1 N–H and O–H groups in total. The van der Waals surface area contributed by atoms with Crippen molar-refractivity contribution in [2.24, 2.45) is 0 Å². The molecule has 0 saturated carbocycles. The van der Waals surface area contributed by atoms with Gasteiger partial charge in [0.15, 0.2) is 0 Å². The largest absolute Gasteiger partial charge is 0.333 e. The molecule has 2 nitrogen and oxygen atoms in total. The van der Waals surface area contributed by atoms with Gasteiger partial charge in [-0.05, 0) is 22.9 Å². The van der Waals surface area contributed by atoms with Gasteiger partial charge in [-0.1, -0.05) is 48.5 Å². The molecule has 1 heterocycles. The fourth-order valence-corrected chi connectivity index (χ4v) is 2.75. The van der Waals surface area contributed by atoms with Gasteiger partial charge in [-0.2, -0.15) is 0 Å². The number of nitrogens with zero attached hydrogens (tertiary/aromatic N) is 1. The van der Waals surface area contributed by atoms with Gasteiger partial charge in [0.05, 0.1) is 13.6 Å². The third-order valence-electron chi connectivity index (χ3n) is 3.91. The van der Waals surface area contributed by atoms with E-state index in [9.17, 15) is 0 Å². The first-order valence-electron chi connectivity index (χ1n) is 7.51. The molecule has 0 amide bonds. The molecule has 0 spiro atoms. The van der Waals surface area contributed by atoms with Crippen LogP contribution in [0.5, 0.6) is 0 Å². The average Bonchev–Trinajstić information content (AvgIpc) is 2.54. The van der Waals surface area contributed by atoms with Crippen LogP contribution in [-0.4, -0.2) is 18.6 Å². The van der Waals surface area contributed by atoms with Gasteiger partial charge < -0.3 is 4.90 Å². The molecule has 0 aliphatic rings. The molecule has 0 aliphatic heterocycles. The Balaban J connectivity index is 1.67. The first kappa shape index (κ1) is 13.8. The van der Waals surface area contributed by atoms with Crippen molar-refractivity contribution >= 4 is 10.8 Å². The van der Waals surface area contributed by atoms with E-state index in [-0.39, 0.29) is 0 Å². The summed E-state index contributed by atoms with van der Waals surface area (Å²) in [7, 11) is 2.25.